The Balaban J connectivity index is 1.43. The van der Waals surface area contributed by atoms with Crippen LogP contribution in [0, 0.1) is 0 Å². The molecule has 0 spiro atoms. The molecule has 0 bridgehead atoms. The molecule has 208 valence electrons. The molecule has 0 radical (unpaired) electrons. The number of unbranched alkanes of at least 4 members (excludes halogenated alkanes) is 1. The van der Waals surface area contributed by atoms with Gasteiger partial charge in [0.05, 0.1) is 18.8 Å². The smallest absolute Gasteiger partial charge is 0.243 e. The minimum atomic E-state index is -0.668. The first-order valence-electron chi connectivity index (χ1n) is 12.6. The Kier molecular flexibility index (Phi) is 10.4. The molecule has 1 aliphatic heterocycles. The van der Waals surface area contributed by atoms with Gasteiger partial charge in [0.2, 0.25) is 17.0 Å². The Morgan fingerprint density at radius 1 is 1.08 bits per heavy atom. The van der Waals surface area contributed by atoms with Gasteiger partial charge in [-0.05, 0) is 46.5 Å². The van der Waals surface area contributed by atoms with E-state index in [1.54, 1.807) is 23.3 Å². The molecule has 0 unspecified atom stereocenters. The molecule has 2 heterocycles. The molecule has 4 N–H and O–H groups in total. The van der Waals surface area contributed by atoms with Crippen molar-refractivity contribution < 1.29 is 29.4 Å². The van der Waals surface area contributed by atoms with Gasteiger partial charge in [-0.2, -0.15) is 0 Å². The first-order chi connectivity index (χ1) is 18.9. The van der Waals surface area contributed by atoms with Crippen LogP contribution >= 0.6 is 11.8 Å². The Morgan fingerprint density at radius 2 is 1.85 bits per heavy atom. The summed E-state index contributed by atoms with van der Waals surface area (Å²) >= 11 is 1.50. The summed E-state index contributed by atoms with van der Waals surface area (Å²) in [5.74, 6) is -0.0250. The fourth-order valence-corrected chi connectivity index (χ4v) is 5.01. The third-order valence-corrected chi connectivity index (χ3v) is 7.36. The molecule has 4 rings (SSSR count). The highest BCUT2D eigenvalue weighted by Crippen LogP contribution is 2.39. The molecule has 3 aromatic rings. The molecular weight excluding hydrogens is 524 g/mol. The number of aliphatic hydroxyl groups excluding tert-OH is 1. The molecule has 1 aromatic heterocycles. The second kappa shape index (κ2) is 14.1. The van der Waals surface area contributed by atoms with E-state index < -0.39 is 12.2 Å². The summed E-state index contributed by atoms with van der Waals surface area (Å²) in [6.07, 6.45) is 0.972. The summed E-state index contributed by atoms with van der Waals surface area (Å²) in [6, 6.07) is 15.0. The number of rotatable bonds is 12. The Labute approximate surface area is 230 Å². The molecule has 12 nitrogen and oxygen atoms in total. The van der Waals surface area contributed by atoms with Crippen molar-refractivity contribution in [1.82, 2.24) is 25.7 Å². The highest BCUT2D eigenvalue weighted by atomic mass is 32.2. The van der Waals surface area contributed by atoms with Gasteiger partial charge in [-0.3, -0.25) is 14.8 Å². The SMILES string of the molecule is Cn1nnnc1SC[C@@H]1C[C@H](c2ccc(CO)cc2)O[C@H](c2cccc(NC(=O)CCCCC(=O)NO)c2)O1. The summed E-state index contributed by atoms with van der Waals surface area (Å²) in [7, 11) is 1.78. The van der Waals surface area contributed by atoms with Gasteiger partial charge in [-0.15, -0.1) is 5.10 Å². The van der Waals surface area contributed by atoms with Crippen molar-refractivity contribution in [3.05, 3.63) is 65.2 Å². The van der Waals surface area contributed by atoms with Crippen molar-refractivity contribution in [2.75, 3.05) is 11.1 Å². The van der Waals surface area contributed by atoms with Crippen molar-refractivity contribution in [2.45, 2.75) is 62.4 Å². The van der Waals surface area contributed by atoms with Gasteiger partial charge in [0.25, 0.3) is 0 Å². The van der Waals surface area contributed by atoms with Crippen molar-refractivity contribution in [3.8, 4) is 0 Å². The van der Waals surface area contributed by atoms with E-state index in [0.29, 0.717) is 35.9 Å². The number of ether oxygens (including phenoxy) is 2. The number of nitrogens with zero attached hydrogens (tertiary/aromatic N) is 4. The van der Waals surface area contributed by atoms with Crippen LogP contribution in [0.4, 0.5) is 5.69 Å². The minimum Gasteiger partial charge on any atom is -0.392 e. The molecule has 1 saturated heterocycles. The van der Waals surface area contributed by atoms with Crippen LogP contribution in [-0.2, 0) is 32.7 Å². The van der Waals surface area contributed by atoms with Crippen LogP contribution in [0.3, 0.4) is 0 Å². The van der Waals surface area contributed by atoms with Gasteiger partial charge in [-0.1, -0.05) is 48.2 Å². The Hall–Kier alpha value is -3.36. The highest BCUT2D eigenvalue weighted by molar-refractivity contribution is 7.99. The zero-order valence-corrected chi connectivity index (χ0v) is 22.3. The number of thioether (sulfide) groups is 1. The number of amides is 2. The topological polar surface area (TPSA) is 161 Å². The van der Waals surface area contributed by atoms with Crippen LogP contribution in [0.25, 0.3) is 0 Å². The van der Waals surface area contributed by atoms with Crippen molar-refractivity contribution in [2.24, 2.45) is 7.05 Å². The van der Waals surface area contributed by atoms with Crippen LogP contribution in [0.5, 0.6) is 0 Å². The van der Waals surface area contributed by atoms with Gasteiger partial charge < -0.3 is 19.9 Å². The fraction of sp³-hybridized carbons (Fsp3) is 0.423. The lowest BCUT2D eigenvalue weighted by Gasteiger charge is -2.36. The number of aromatic nitrogens is 4. The number of hydrogen-bond donors (Lipinski definition) is 4. The van der Waals surface area contributed by atoms with Crippen LogP contribution in [0.1, 0.15) is 61.2 Å². The van der Waals surface area contributed by atoms with E-state index in [2.05, 4.69) is 20.8 Å². The normalized spacial score (nSPS) is 19.0. The number of anilines is 1. The predicted octanol–water partition coefficient (Wildman–Crippen LogP) is 3.04. The molecule has 3 atom stereocenters. The lowest BCUT2D eigenvalue weighted by Crippen LogP contribution is -2.31. The molecule has 2 amide bonds. The van der Waals surface area contributed by atoms with Crippen molar-refractivity contribution in [1.29, 1.82) is 0 Å². The van der Waals surface area contributed by atoms with Gasteiger partial charge in [0.15, 0.2) is 6.29 Å². The number of aryl methyl sites for hydroxylation is 1. The van der Waals surface area contributed by atoms with Gasteiger partial charge in [0, 0.05) is 43.3 Å². The Morgan fingerprint density at radius 3 is 2.54 bits per heavy atom. The van der Waals surface area contributed by atoms with Crippen LogP contribution < -0.4 is 10.8 Å². The lowest BCUT2D eigenvalue weighted by molar-refractivity contribution is -0.245. The van der Waals surface area contributed by atoms with Crippen LogP contribution in [0.15, 0.2) is 53.7 Å². The van der Waals surface area contributed by atoms with Crippen LogP contribution in [-0.4, -0.2) is 54.2 Å². The van der Waals surface area contributed by atoms with E-state index in [0.717, 1.165) is 16.7 Å². The van der Waals surface area contributed by atoms with Gasteiger partial charge >= 0.3 is 0 Å². The molecule has 2 aromatic carbocycles. The summed E-state index contributed by atoms with van der Waals surface area (Å²) in [6.45, 7) is -0.0287. The van der Waals surface area contributed by atoms with Gasteiger partial charge in [0.1, 0.15) is 0 Å². The monoisotopic (exact) mass is 556 g/mol. The minimum absolute atomic E-state index is 0.0287. The average Bonchev–Trinajstić information content (AvgIpc) is 3.38. The second-order valence-electron chi connectivity index (χ2n) is 9.16. The van der Waals surface area contributed by atoms with E-state index in [4.69, 9.17) is 14.7 Å². The number of aliphatic hydroxyl groups is 1. The third-order valence-electron chi connectivity index (χ3n) is 6.22. The summed E-state index contributed by atoms with van der Waals surface area (Å²) in [5.41, 5.74) is 4.77. The average molecular weight is 557 g/mol. The largest absolute Gasteiger partial charge is 0.392 e. The quantitative estimate of drug-likeness (QED) is 0.113. The number of hydroxylamine groups is 1. The lowest BCUT2D eigenvalue weighted by atomic mass is 10.0. The maximum Gasteiger partial charge on any atom is 0.243 e. The summed E-state index contributed by atoms with van der Waals surface area (Å²) in [5, 5.41) is 33.1. The summed E-state index contributed by atoms with van der Waals surface area (Å²) < 4.78 is 14.3. The Bertz CT molecular complexity index is 1240. The molecular formula is C26H32N6O6S. The predicted molar refractivity (Wildman–Crippen MR) is 141 cm³/mol. The fourth-order valence-electron chi connectivity index (χ4n) is 4.15. The first kappa shape index (κ1) is 28.6. The molecule has 13 heteroatoms. The molecule has 0 saturated carbocycles. The van der Waals surface area contributed by atoms with Gasteiger partial charge in [-0.25, -0.2) is 10.2 Å². The third kappa shape index (κ3) is 8.31. The number of carbonyl (C=O) groups is 2. The maximum atomic E-state index is 12.4. The molecule has 0 aliphatic carbocycles. The molecule has 39 heavy (non-hydrogen) atoms. The van der Waals surface area contributed by atoms with E-state index >= 15 is 0 Å². The van der Waals surface area contributed by atoms with E-state index in [9.17, 15) is 14.7 Å². The van der Waals surface area contributed by atoms with Crippen molar-refractivity contribution >= 4 is 29.3 Å². The second-order valence-corrected chi connectivity index (χ2v) is 10.1. The standard InChI is InChI=1S/C26H32N6O6S/c1-32-26(28-30-31-32)39-16-21-14-22(18-11-9-17(15-33)10-12-18)38-25(37-21)19-5-4-6-20(13-19)27-23(34)7-2-3-8-24(35)29-36/h4-6,9-13,21-22,25,33,36H,2-3,7-8,14-16H2,1H3,(H,27,34)(H,29,35)/t21-,22+,25+/m0/s1. The molecule has 1 fully saturated rings. The zero-order valence-electron chi connectivity index (χ0n) is 21.5. The number of nitrogens with one attached hydrogen (secondary N) is 2. The molecule has 1 aliphatic rings. The van der Waals surface area contributed by atoms with Crippen LogP contribution in [0.2, 0.25) is 0 Å². The number of hydrogen-bond acceptors (Lipinski definition) is 10. The number of tetrazole rings is 1. The van der Waals surface area contributed by atoms with E-state index in [-0.39, 0.29) is 37.6 Å². The first-order valence-corrected chi connectivity index (χ1v) is 13.6. The van der Waals surface area contributed by atoms with E-state index in [1.165, 1.54) is 11.8 Å². The van der Waals surface area contributed by atoms with E-state index in [1.807, 2.05) is 42.5 Å². The zero-order chi connectivity index (χ0) is 27.6. The van der Waals surface area contributed by atoms with Crippen molar-refractivity contribution in [3.63, 3.8) is 0 Å². The highest BCUT2D eigenvalue weighted by Gasteiger charge is 2.32. The summed E-state index contributed by atoms with van der Waals surface area (Å²) in [4.78, 5) is 23.5. The number of benzene rings is 2. The number of carbonyl (C=O) groups excluding carboxylic acids is 2. The maximum absolute atomic E-state index is 12.4.